The first-order valence-electron chi connectivity index (χ1n) is 8.04. The molecule has 132 valence electrons. The number of benzene rings is 2. The second kappa shape index (κ2) is 8.82. The van der Waals surface area contributed by atoms with Gasteiger partial charge in [-0.3, -0.25) is 9.59 Å². The molecule has 3 rings (SSSR count). The van der Waals surface area contributed by atoms with E-state index in [9.17, 15) is 9.59 Å². The van der Waals surface area contributed by atoms with Gasteiger partial charge >= 0.3 is 5.97 Å². The number of anilines is 1. The number of carbonyl (C=O) groups is 2. The quantitative estimate of drug-likeness (QED) is 0.497. The lowest BCUT2D eigenvalue weighted by molar-refractivity contribution is -0.134. The summed E-state index contributed by atoms with van der Waals surface area (Å²) in [5.74, 6) is 0.592. The van der Waals surface area contributed by atoms with E-state index in [-0.39, 0.29) is 24.9 Å². The van der Waals surface area contributed by atoms with Crippen LogP contribution in [0, 0.1) is 0 Å². The molecule has 1 aromatic heterocycles. The van der Waals surface area contributed by atoms with Gasteiger partial charge in [-0.1, -0.05) is 24.3 Å². The Labute approximate surface area is 155 Å². The number of ether oxygens (including phenoxy) is 2. The fourth-order valence-corrected chi connectivity index (χ4v) is 2.78. The number of hydrogen-bond acceptors (Lipinski definition) is 5. The van der Waals surface area contributed by atoms with Gasteiger partial charge in [0, 0.05) is 5.69 Å². The molecule has 1 amide bonds. The summed E-state index contributed by atoms with van der Waals surface area (Å²) in [6.45, 7) is 0.248. The molecule has 3 aromatic rings. The zero-order valence-corrected chi connectivity index (χ0v) is 14.7. The molecule has 0 saturated heterocycles. The summed E-state index contributed by atoms with van der Waals surface area (Å²) >= 11 is 1.37. The van der Waals surface area contributed by atoms with Gasteiger partial charge in [-0.15, -0.1) is 11.3 Å². The normalized spacial score (nSPS) is 10.2. The number of para-hydroxylation sites is 1. The Kier molecular flexibility index (Phi) is 6.01. The van der Waals surface area contributed by atoms with Crippen molar-refractivity contribution in [3.63, 3.8) is 0 Å². The third-order valence-electron chi connectivity index (χ3n) is 3.41. The van der Waals surface area contributed by atoms with Gasteiger partial charge < -0.3 is 14.8 Å². The van der Waals surface area contributed by atoms with Crippen molar-refractivity contribution in [3.05, 3.63) is 77.0 Å². The molecule has 0 saturated carbocycles. The fourth-order valence-electron chi connectivity index (χ4n) is 2.16. The van der Waals surface area contributed by atoms with Crippen LogP contribution in [0.5, 0.6) is 11.5 Å². The Morgan fingerprint density at radius 3 is 2.35 bits per heavy atom. The second-order valence-electron chi connectivity index (χ2n) is 5.34. The van der Waals surface area contributed by atoms with Gasteiger partial charge in [0.15, 0.2) is 0 Å². The van der Waals surface area contributed by atoms with Crippen molar-refractivity contribution < 1.29 is 19.1 Å². The van der Waals surface area contributed by atoms with Crippen molar-refractivity contribution in [1.82, 2.24) is 0 Å². The molecule has 0 aliphatic rings. The summed E-state index contributed by atoms with van der Waals surface area (Å²) in [6.07, 6.45) is 0.145. The van der Waals surface area contributed by atoms with Crippen LogP contribution in [0.3, 0.4) is 0 Å². The lowest BCUT2D eigenvalue weighted by atomic mass is 10.3. The summed E-state index contributed by atoms with van der Waals surface area (Å²) in [5.41, 5.74) is 0.635. The van der Waals surface area contributed by atoms with Gasteiger partial charge in [0.2, 0.25) is 0 Å². The lowest BCUT2D eigenvalue weighted by Gasteiger charge is -2.08. The molecular formula is C20H17NO4S. The highest BCUT2D eigenvalue weighted by Gasteiger charge is 2.08. The fraction of sp³-hybridized carbons (Fsp3) is 0.100. The van der Waals surface area contributed by atoms with Crippen LogP contribution < -0.4 is 14.8 Å². The Morgan fingerprint density at radius 1 is 0.885 bits per heavy atom. The maximum absolute atomic E-state index is 12.0. The van der Waals surface area contributed by atoms with E-state index in [4.69, 9.17) is 9.47 Å². The van der Waals surface area contributed by atoms with Crippen LogP contribution in [0.4, 0.5) is 5.69 Å². The Hall–Kier alpha value is -3.12. The molecule has 0 unspecified atom stereocenters. The molecule has 5 nitrogen and oxygen atoms in total. The van der Waals surface area contributed by atoms with Crippen molar-refractivity contribution in [2.24, 2.45) is 0 Å². The van der Waals surface area contributed by atoms with Crippen LogP contribution >= 0.6 is 11.3 Å². The first-order valence-corrected chi connectivity index (χ1v) is 8.92. The molecule has 2 aromatic carbocycles. The number of hydrogen-bond donors (Lipinski definition) is 1. The van der Waals surface area contributed by atoms with Crippen LogP contribution in [0.15, 0.2) is 72.1 Å². The van der Waals surface area contributed by atoms with Crippen molar-refractivity contribution in [2.45, 2.75) is 6.42 Å². The molecule has 0 atom stereocenters. The van der Waals surface area contributed by atoms with Crippen LogP contribution in [-0.4, -0.2) is 18.5 Å². The molecule has 1 heterocycles. The topological polar surface area (TPSA) is 64.6 Å². The van der Waals surface area contributed by atoms with E-state index >= 15 is 0 Å². The van der Waals surface area contributed by atoms with E-state index in [0.29, 0.717) is 22.1 Å². The van der Waals surface area contributed by atoms with Crippen LogP contribution in [0.25, 0.3) is 0 Å². The minimum Gasteiger partial charge on any atom is -0.493 e. The minimum absolute atomic E-state index is 0.145. The SMILES string of the molecule is O=C(CCOc1ccccc1)Oc1ccc(NC(=O)c2cccs2)cc1. The van der Waals surface area contributed by atoms with Gasteiger partial charge in [0.05, 0.1) is 17.9 Å². The Morgan fingerprint density at radius 2 is 1.65 bits per heavy atom. The molecule has 0 spiro atoms. The van der Waals surface area contributed by atoms with E-state index in [1.54, 1.807) is 30.3 Å². The maximum Gasteiger partial charge on any atom is 0.314 e. The van der Waals surface area contributed by atoms with E-state index in [1.807, 2.05) is 41.8 Å². The molecular weight excluding hydrogens is 350 g/mol. The summed E-state index contributed by atoms with van der Waals surface area (Å²) in [5, 5.41) is 4.63. The largest absolute Gasteiger partial charge is 0.493 e. The van der Waals surface area contributed by atoms with Gasteiger partial charge in [0.25, 0.3) is 5.91 Å². The van der Waals surface area contributed by atoms with Gasteiger partial charge in [-0.2, -0.15) is 0 Å². The number of esters is 1. The highest BCUT2D eigenvalue weighted by Crippen LogP contribution is 2.18. The Bertz CT molecular complexity index is 845. The minimum atomic E-state index is -0.378. The maximum atomic E-state index is 12.0. The van der Waals surface area contributed by atoms with Gasteiger partial charge in [0.1, 0.15) is 11.5 Å². The van der Waals surface area contributed by atoms with Crippen LogP contribution in [0.2, 0.25) is 0 Å². The second-order valence-corrected chi connectivity index (χ2v) is 6.29. The monoisotopic (exact) mass is 367 g/mol. The number of rotatable bonds is 7. The Balaban J connectivity index is 1.44. The lowest BCUT2D eigenvalue weighted by Crippen LogP contribution is -2.13. The third kappa shape index (κ3) is 5.19. The highest BCUT2D eigenvalue weighted by molar-refractivity contribution is 7.12. The molecule has 0 bridgehead atoms. The molecule has 0 fully saturated rings. The van der Waals surface area contributed by atoms with Crippen molar-refractivity contribution in [3.8, 4) is 11.5 Å². The molecule has 1 N–H and O–H groups in total. The van der Waals surface area contributed by atoms with E-state index < -0.39 is 0 Å². The molecule has 26 heavy (non-hydrogen) atoms. The average molecular weight is 367 g/mol. The van der Waals surface area contributed by atoms with Crippen molar-refractivity contribution in [2.75, 3.05) is 11.9 Å². The molecule has 0 aliphatic heterocycles. The summed E-state index contributed by atoms with van der Waals surface area (Å²) in [4.78, 5) is 24.5. The summed E-state index contributed by atoms with van der Waals surface area (Å²) in [6, 6.07) is 19.5. The van der Waals surface area contributed by atoms with Crippen LogP contribution in [0.1, 0.15) is 16.1 Å². The average Bonchev–Trinajstić information content (AvgIpc) is 3.19. The smallest absolute Gasteiger partial charge is 0.314 e. The number of nitrogens with one attached hydrogen (secondary N) is 1. The van der Waals surface area contributed by atoms with Crippen LogP contribution in [-0.2, 0) is 4.79 Å². The van der Waals surface area contributed by atoms with Gasteiger partial charge in [-0.25, -0.2) is 0 Å². The predicted octanol–water partition coefficient (Wildman–Crippen LogP) is 4.37. The number of thiophene rings is 1. The van der Waals surface area contributed by atoms with E-state index in [2.05, 4.69) is 5.32 Å². The zero-order valence-electron chi connectivity index (χ0n) is 13.9. The first kappa shape index (κ1) is 17.7. The van der Waals surface area contributed by atoms with Crippen molar-refractivity contribution >= 4 is 28.9 Å². The van der Waals surface area contributed by atoms with E-state index in [1.165, 1.54) is 11.3 Å². The standard InChI is InChI=1S/C20H17NO4S/c22-19(12-13-24-16-5-2-1-3-6-16)25-17-10-8-15(9-11-17)21-20(23)18-7-4-14-26-18/h1-11,14H,12-13H2,(H,21,23). The third-order valence-corrected chi connectivity index (χ3v) is 4.28. The molecule has 0 aliphatic carbocycles. The number of amides is 1. The van der Waals surface area contributed by atoms with Gasteiger partial charge in [-0.05, 0) is 47.8 Å². The predicted molar refractivity (Wildman–Crippen MR) is 101 cm³/mol. The zero-order chi connectivity index (χ0) is 18.2. The number of carbonyl (C=O) groups excluding carboxylic acids is 2. The molecule has 6 heteroatoms. The van der Waals surface area contributed by atoms with E-state index in [0.717, 1.165) is 0 Å². The van der Waals surface area contributed by atoms with Crippen molar-refractivity contribution in [1.29, 1.82) is 0 Å². The first-order chi connectivity index (χ1) is 12.7. The summed E-state index contributed by atoms with van der Waals surface area (Å²) in [7, 11) is 0. The summed E-state index contributed by atoms with van der Waals surface area (Å²) < 4.78 is 10.7. The molecule has 0 radical (unpaired) electrons. The highest BCUT2D eigenvalue weighted by atomic mass is 32.1.